The van der Waals surface area contributed by atoms with E-state index < -0.39 is 0 Å². The van der Waals surface area contributed by atoms with E-state index in [-0.39, 0.29) is 0 Å². The predicted octanol–water partition coefficient (Wildman–Crippen LogP) is 4.39. The van der Waals surface area contributed by atoms with Crippen molar-refractivity contribution in [3.8, 4) is 28.6 Å². The summed E-state index contributed by atoms with van der Waals surface area (Å²) in [6, 6.07) is 14.0. The summed E-state index contributed by atoms with van der Waals surface area (Å²) in [6.07, 6.45) is 3.52. The lowest BCUT2D eigenvalue weighted by Crippen LogP contribution is -2.04. The van der Waals surface area contributed by atoms with Crippen LogP contribution in [0, 0.1) is 0 Å². The van der Waals surface area contributed by atoms with E-state index in [0.29, 0.717) is 55.1 Å². The number of aromatic nitrogens is 6. The molecule has 174 valence electrons. The van der Waals surface area contributed by atoms with Crippen molar-refractivity contribution in [1.82, 2.24) is 29.4 Å². The van der Waals surface area contributed by atoms with Gasteiger partial charge < -0.3 is 14.2 Å². The van der Waals surface area contributed by atoms with Gasteiger partial charge >= 0.3 is 0 Å². The number of benzene rings is 2. The highest BCUT2D eigenvalue weighted by molar-refractivity contribution is 5.89. The maximum atomic E-state index is 5.87. The number of nitrogens with zero attached hydrogens (tertiary/aromatic N) is 6. The van der Waals surface area contributed by atoms with Crippen LogP contribution in [0.1, 0.15) is 26.3 Å². The lowest BCUT2D eigenvalue weighted by molar-refractivity contribution is 0.261. The lowest BCUT2D eigenvalue weighted by atomic mass is 10.1. The van der Waals surface area contributed by atoms with Crippen molar-refractivity contribution in [3.05, 3.63) is 60.6 Å². The molecule has 0 amide bonds. The van der Waals surface area contributed by atoms with Gasteiger partial charge in [0.05, 0.1) is 37.9 Å². The number of hydrogen-bond acceptors (Lipinski definition) is 7. The molecule has 9 heteroatoms. The molecule has 0 saturated carbocycles. The molecule has 0 aliphatic heterocycles. The third kappa shape index (κ3) is 3.89. The fourth-order valence-electron chi connectivity index (χ4n) is 3.96. The van der Waals surface area contributed by atoms with Crippen molar-refractivity contribution in [2.24, 2.45) is 0 Å². The molecule has 0 bridgehead atoms. The third-order valence-corrected chi connectivity index (χ3v) is 5.39. The van der Waals surface area contributed by atoms with Gasteiger partial charge in [0.2, 0.25) is 5.75 Å². The molecule has 9 nitrogen and oxygen atoms in total. The topological polar surface area (TPSA) is 88.6 Å². The monoisotopic (exact) mass is 458 g/mol. The summed E-state index contributed by atoms with van der Waals surface area (Å²) in [5, 5.41) is 14.3. The molecule has 0 radical (unpaired) electrons. The van der Waals surface area contributed by atoms with Gasteiger partial charge in [-0.3, -0.25) is 4.40 Å². The molecule has 3 aromatic heterocycles. The Morgan fingerprint density at radius 2 is 1.53 bits per heavy atom. The summed E-state index contributed by atoms with van der Waals surface area (Å²) < 4.78 is 21.3. The minimum absolute atomic E-state index is 0.498. The van der Waals surface area contributed by atoms with E-state index in [2.05, 4.69) is 32.4 Å². The quantitative estimate of drug-likeness (QED) is 0.324. The summed E-state index contributed by atoms with van der Waals surface area (Å²) in [5.41, 5.74) is 3.38. The molecule has 0 fully saturated rings. The molecule has 3 heterocycles. The molecule has 5 rings (SSSR count). The second-order valence-corrected chi connectivity index (χ2v) is 7.59. The van der Waals surface area contributed by atoms with E-state index >= 15 is 0 Å². The Labute approximate surface area is 196 Å². The Morgan fingerprint density at radius 3 is 2.21 bits per heavy atom. The maximum absolute atomic E-state index is 5.87. The zero-order chi connectivity index (χ0) is 23.5. The van der Waals surface area contributed by atoms with Gasteiger partial charge in [0.15, 0.2) is 28.6 Å². The molecule has 5 aromatic rings. The third-order valence-electron chi connectivity index (χ3n) is 5.39. The van der Waals surface area contributed by atoms with Gasteiger partial charge in [-0.1, -0.05) is 30.3 Å². The molecule has 0 N–H and O–H groups in total. The molecule has 0 atom stereocenters. The Kier molecular flexibility index (Phi) is 5.99. The first-order chi connectivity index (χ1) is 16.7. The number of fused-ring (bicyclic) bond motifs is 3. The highest BCUT2D eigenvalue weighted by Crippen LogP contribution is 2.41. The van der Waals surface area contributed by atoms with E-state index in [1.807, 2.05) is 60.2 Å². The van der Waals surface area contributed by atoms with Crippen molar-refractivity contribution < 1.29 is 14.2 Å². The molecule has 0 aliphatic rings. The number of ether oxygens (including phenoxy) is 3. The van der Waals surface area contributed by atoms with Gasteiger partial charge in [0.1, 0.15) is 6.33 Å². The average Bonchev–Trinajstić information content (AvgIpc) is 3.46. The Hall–Kier alpha value is -4.14. The van der Waals surface area contributed by atoms with Crippen LogP contribution in [0.5, 0.6) is 17.2 Å². The average molecular weight is 459 g/mol. The predicted molar refractivity (Wildman–Crippen MR) is 129 cm³/mol. The fraction of sp³-hybridized carbons (Fsp3) is 0.280. The lowest BCUT2D eigenvalue weighted by Gasteiger charge is -2.16. The zero-order valence-electron chi connectivity index (χ0n) is 19.4. The number of rotatable bonds is 9. The van der Waals surface area contributed by atoms with Gasteiger partial charge in [0.25, 0.3) is 0 Å². The molecule has 34 heavy (non-hydrogen) atoms. The summed E-state index contributed by atoms with van der Waals surface area (Å²) in [4.78, 5) is 4.68. The van der Waals surface area contributed by atoms with Crippen molar-refractivity contribution in [2.45, 2.75) is 27.3 Å². The molecule has 0 saturated heterocycles. The van der Waals surface area contributed by atoms with Gasteiger partial charge in [0, 0.05) is 5.56 Å². The Morgan fingerprint density at radius 1 is 0.824 bits per heavy atom. The van der Waals surface area contributed by atoms with Crippen molar-refractivity contribution >= 4 is 16.7 Å². The van der Waals surface area contributed by atoms with E-state index in [1.54, 1.807) is 12.5 Å². The van der Waals surface area contributed by atoms with Crippen LogP contribution in [-0.4, -0.2) is 49.2 Å². The highest BCUT2D eigenvalue weighted by Gasteiger charge is 2.20. The molecule has 0 unspecified atom stereocenters. The van der Waals surface area contributed by atoms with Crippen LogP contribution >= 0.6 is 0 Å². The van der Waals surface area contributed by atoms with Gasteiger partial charge in [-0.05, 0) is 38.5 Å². The minimum Gasteiger partial charge on any atom is -0.490 e. The van der Waals surface area contributed by atoms with Crippen LogP contribution < -0.4 is 14.2 Å². The van der Waals surface area contributed by atoms with Crippen LogP contribution in [0.3, 0.4) is 0 Å². The van der Waals surface area contributed by atoms with Crippen LogP contribution in [0.25, 0.3) is 28.1 Å². The maximum Gasteiger partial charge on any atom is 0.203 e. The SMILES string of the molecule is CCOc1cc(-c2nnc3c4cnn(Cc5ccccc5)c4ncn23)cc(OCC)c1OCC. The zero-order valence-corrected chi connectivity index (χ0v) is 19.4. The normalized spacial score (nSPS) is 11.3. The standard InChI is InChI=1S/C25H26N6O3/c1-4-32-20-12-18(13-21(33-5-2)22(20)34-6-3)23-28-29-25-19-14-27-31(24(19)26-16-30(23)25)15-17-10-8-7-9-11-17/h7-14,16H,4-6,15H2,1-3H3. The van der Waals surface area contributed by atoms with Crippen LogP contribution in [0.2, 0.25) is 0 Å². The second-order valence-electron chi connectivity index (χ2n) is 7.59. The largest absolute Gasteiger partial charge is 0.490 e. The van der Waals surface area contributed by atoms with E-state index in [9.17, 15) is 0 Å². The first-order valence-electron chi connectivity index (χ1n) is 11.4. The van der Waals surface area contributed by atoms with Crippen molar-refractivity contribution in [3.63, 3.8) is 0 Å². The fourth-order valence-corrected chi connectivity index (χ4v) is 3.96. The van der Waals surface area contributed by atoms with Gasteiger partial charge in [-0.15, -0.1) is 10.2 Å². The summed E-state index contributed by atoms with van der Waals surface area (Å²) >= 11 is 0. The van der Waals surface area contributed by atoms with Gasteiger partial charge in [-0.25, -0.2) is 9.67 Å². The first-order valence-corrected chi connectivity index (χ1v) is 11.4. The molecule has 0 aliphatic carbocycles. The first kappa shape index (κ1) is 21.7. The minimum atomic E-state index is 0.498. The summed E-state index contributed by atoms with van der Waals surface area (Å²) in [5.74, 6) is 2.43. The second kappa shape index (κ2) is 9.38. The number of hydrogen-bond donors (Lipinski definition) is 0. The van der Waals surface area contributed by atoms with Crippen molar-refractivity contribution in [2.75, 3.05) is 19.8 Å². The summed E-state index contributed by atoms with van der Waals surface area (Å²) in [7, 11) is 0. The van der Waals surface area contributed by atoms with E-state index in [4.69, 9.17) is 14.2 Å². The van der Waals surface area contributed by atoms with Crippen molar-refractivity contribution in [1.29, 1.82) is 0 Å². The molecule has 0 spiro atoms. The molecular formula is C25H26N6O3. The van der Waals surface area contributed by atoms with Crippen LogP contribution in [0.15, 0.2) is 55.0 Å². The van der Waals surface area contributed by atoms with Gasteiger partial charge in [-0.2, -0.15) is 5.10 Å². The van der Waals surface area contributed by atoms with Crippen LogP contribution in [-0.2, 0) is 6.54 Å². The van der Waals surface area contributed by atoms with Crippen LogP contribution in [0.4, 0.5) is 0 Å². The Bertz CT molecular complexity index is 1400. The summed E-state index contributed by atoms with van der Waals surface area (Å²) in [6.45, 7) is 7.92. The van der Waals surface area contributed by atoms with E-state index in [0.717, 1.165) is 22.2 Å². The highest BCUT2D eigenvalue weighted by atomic mass is 16.5. The smallest absolute Gasteiger partial charge is 0.203 e. The molecular weight excluding hydrogens is 432 g/mol. The van der Waals surface area contributed by atoms with E-state index in [1.165, 1.54) is 0 Å². The Balaban J connectivity index is 1.60. The molecule has 2 aromatic carbocycles.